The number of hydrogen-bond acceptors (Lipinski definition) is 7. The van der Waals surface area contributed by atoms with Crippen molar-refractivity contribution in [3.8, 4) is 0 Å². The maximum Gasteiger partial charge on any atom is 0.315 e. The van der Waals surface area contributed by atoms with Crippen molar-refractivity contribution >= 4 is 23.5 Å². The second-order valence-electron chi connectivity index (χ2n) is 9.98. The molecule has 8 nitrogen and oxygen atoms in total. The van der Waals surface area contributed by atoms with Gasteiger partial charge in [0.25, 0.3) is 0 Å². The summed E-state index contributed by atoms with van der Waals surface area (Å²) >= 11 is 0. The number of piperidine rings is 1. The first-order valence-corrected chi connectivity index (χ1v) is 11.6. The van der Waals surface area contributed by atoms with Gasteiger partial charge in [-0.1, -0.05) is 11.5 Å². The number of rotatable bonds is 5. The zero-order valence-corrected chi connectivity index (χ0v) is 18.1. The van der Waals surface area contributed by atoms with Crippen molar-refractivity contribution in [2.45, 2.75) is 62.8 Å². The maximum absolute atomic E-state index is 14.8. The molecular formula is C23H25F2N5O3. The first-order valence-electron chi connectivity index (χ1n) is 11.6. The monoisotopic (exact) mass is 457 g/mol. The second-order valence-corrected chi connectivity index (χ2v) is 9.98. The predicted molar refractivity (Wildman–Crippen MR) is 114 cm³/mol. The summed E-state index contributed by atoms with van der Waals surface area (Å²) in [7, 11) is 0. The minimum absolute atomic E-state index is 0.0265. The fourth-order valence-electron chi connectivity index (χ4n) is 5.71. The molecule has 33 heavy (non-hydrogen) atoms. The number of halogens is 2. The summed E-state index contributed by atoms with van der Waals surface area (Å²) in [5.74, 6) is -2.57. The van der Waals surface area contributed by atoms with Crippen molar-refractivity contribution in [3.05, 3.63) is 35.2 Å². The Labute approximate surface area is 189 Å². The number of carbonyl (C=O) groups is 2. The number of hydrogen-bond donors (Lipinski definition) is 2. The van der Waals surface area contributed by atoms with E-state index < -0.39 is 29.4 Å². The van der Waals surface area contributed by atoms with E-state index in [0.29, 0.717) is 42.0 Å². The van der Waals surface area contributed by atoms with E-state index in [9.17, 15) is 18.4 Å². The van der Waals surface area contributed by atoms with Crippen LogP contribution in [0.2, 0.25) is 0 Å². The molecule has 174 valence electrons. The molecule has 3 heterocycles. The van der Waals surface area contributed by atoms with Gasteiger partial charge in [-0.2, -0.15) is 0 Å². The molecule has 2 aliphatic heterocycles. The molecule has 2 N–H and O–H groups in total. The number of amides is 2. The van der Waals surface area contributed by atoms with Crippen LogP contribution in [0.25, 0.3) is 0 Å². The highest BCUT2D eigenvalue weighted by Gasteiger charge is 2.50. The molecule has 2 saturated heterocycles. The molecular weight excluding hydrogens is 432 g/mol. The fraction of sp³-hybridized carbons (Fsp3) is 0.565. The first-order chi connectivity index (χ1) is 15.9. The summed E-state index contributed by atoms with van der Waals surface area (Å²) in [5, 5.41) is 13.6. The van der Waals surface area contributed by atoms with Crippen LogP contribution >= 0.6 is 0 Å². The Bertz CT molecular complexity index is 1090. The van der Waals surface area contributed by atoms with E-state index in [-0.39, 0.29) is 24.4 Å². The molecule has 0 radical (unpaired) electrons. The minimum atomic E-state index is -0.996. The van der Waals surface area contributed by atoms with Gasteiger partial charge in [-0.15, -0.1) is 5.10 Å². The zero-order chi connectivity index (χ0) is 22.7. The van der Waals surface area contributed by atoms with Crippen LogP contribution in [0.3, 0.4) is 0 Å². The third-order valence-corrected chi connectivity index (χ3v) is 7.79. The molecule has 2 aliphatic carbocycles. The first kappa shape index (κ1) is 20.6. The highest BCUT2D eigenvalue weighted by atomic mass is 19.1. The van der Waals surface area contributed by atoms with Gasteiger partial charge in [0.2, 0.25) is 17.7 Å². The van der Waals surface area contributed by atoms with Crippen molar-refractivity contribution in [2.75, 3.05) is 23.3 Å². The maximum atomic E-state index is 14.8. The summed E-state index contributed by atoms with van der Waals surface area (Å²) in [6, 6.07) is 2.90. The van der Waals surface area contributed by atoms with Crippen molar-refractivity contribution < 1.29 is 22.8 Å². The van der Waals surface area contributed by atoms with E-state index in [1.165, 1.54) is 31.4 Å². The molecule has 4 fully saturated rings. The predicted octanol–water partition coefficient (Wildman–Crippen LogP) is 3.22. The highest BCUT2D eigenvalue weighted by molar-refractivity contribution is 6.01. The second kappa shape index (κ2) is 7.50. The summed E-state index contributed by atoms with van der Waals surface area (Å²) in [5.41, 5.74) is 0.669. The zero-order valence-electron chi connectivity index (χ0n) is 18.1. The van der Waals surface area contributed by atoms with Crippen molar-refractivity contribution in [1.82, 2.24) is 15.5 Å². The van der Waals surface area contributed by atoms with Gasteiger partial charge in [-0.05, 0) is 49.7 Å². The Morgan fingerprint density at radius 2 is 1.85 bits per heavy atom. The summed E-state index contributed by atoms with van der Waals surface area (Å²) < 4.78 is 35.3. The van der Waals surface area contributed by atoms with Gasteiger partial charge in [0.15, 0.2) is 0 Å². The molecule has 1 aromatic carbocycles. The topological polar surface area (TPSA) is 100 Å². The summed E-state index contributed by atoms with van der Waals surface area (Å²) in [6.45, 7) is 1.06. The molecule has 2 amide bonds. The lowest BCUT2D eigenvalue weighted by molar-refractivity contribution is -0.134. The van der Waals surface area contributed by atoms with Crippen molar-refractivity contribution in [3.63, 3.8) is 0 Å². The van der Waals surface area contributed by atoms with E-state index in [2.05, 4.69) is 20.8 Å². The Kier molecular flexibility index (Phi) is 4.67. The van der Waals surface area contributed by atoms with Gasteiger partial charge in [0.05, 0.1) is 12.0 Å². The number of imide groups is 1. The number of nitrogens with one attached hydrogen (secondary N) is 2. The molecule has 10 heteroatoms. The lowest BCUT2D eigenvalue weighted by Crippen LogP contribution is -2.55. The third kappa shape index (κ3) is 3.55. The van der Waals surface area contributed by atoms with E-state index >= 15 is 0 Å². The van der Waals surface area contributed by atoms with Gasteiger partial charge < -0.3 is 14.6 Å². The van der Waals surface area contributed by atoms with Crippen LogP contribution in [0.15, 0.2) is 16.5 Å². The lowest BCUT2D eigenvalue weighted by atomic mass is 9.52. The molecule has 1 spiro atoms. The number of benzene rings is 1. The van der Waals surface area contributed by atoms with Crippen LogP contribution in [0.4, 0.5) is 20.5 Å². The molecule has 1 aromatic heterocycles. The van der Waals surface area contributed by atoms with E-state index in [1.54, 1.807) is 0 Å². The normalized spacial score (nSPS) is 24.8. The average Bonchev–Trinajstić information content (AvgIpc) is 3.11. The van der Waals surface area contributed by atoms with Crippen LogP contribution in [-0.4, -0.2) is 41.1 Å². The molecule has 2 aromatic rings. The minimum Gasteiger partial charge on any atom is -0.408 e. The fourth-order valence-corrected chi connectivity index (χ4v) is 5.71. The molecule has 0 bridgehead atoms. The van der Waals surface area contributed by atoms with Crippen LogP contribution in [0.5, 0.6) is 0 Å². The Morgan fingerprint density at radius 3 is 2.48 bits per heavy atom. The van der Waals surface area contributed by atoms with Gasteiger partial charge in [-0.3, -0.25) is 14.9 Å². The summed E-state index contributed by atoms with van der Waals surface area (Å²) in [4.78, 5) is 25.2. The van der Waals surface area contributed by atoms with Crippen LogP contribution in [-0.2, 0) is 9.59 Å². The van der Waals surface area contributed by atoms with E-state index in [0.717, 1.165) is 12.8 Å². The molecule has 1 unspecified atom stereocenters. The van der Waals surface area contributed by atoms with Crippen molar-refractivity contribution in [2.24, 2.45) is 5.41 Å². The smallest absolute Gasteiger partial charge is 0.315 e. The Balaban J connectivity index is 1.06. The van der Waals surface area contributed by atoms with Crippen LogP contribution in [0, 0.1) is 17.0 Å². The molecule has 2 saturated carbocycles. The molecule has 4 aliphatic rings. The Hall–Kier alpha value is -3.04. The quantitative estimate of drug-likeness (QED) is 0.665. The summed E-state index contributed by atoms with van der Waals surface area (Å²) in [6.07, 6.45) is 6.40. The number of anilines is 2. The van der Waals surface area contributed by atoms with Gasteiger partial charge >= 0.3 is 6.01 Å². The SMILES string of the molecule is O=C1CCC(c2c(F)cc(N3CC(Nc4nnc(C5CC6(CCC6)C5)o4)C3)cc2F)C(=O)N1. The number of nitrogens with zero attached hydrogens (tertiary/aromatic N) is 3. The van der Waals surface area contributed by atoms with Crippen molar-refractivity contribution in [1.29, 1.82) is 0 Å². The number of carbonyl (C=O) groups excluding carboxylic acids is 2. The van der Waals surface area contributed by atoms with Gasteiger partial charge in [-0.25, -0.2) is 8.78 Å². The largest absolute Gasteiger partial charge is 0.408 e. The van der Waals surface area contributed by atoms with Crippen LogP contribution < -0.4 is 15.5 Å². The Morgan fingerprint density at radius 1 is 1.12 bits per heavy atom. The third-order valence-electron chi connectivity index (χ3n) is 7.79. The van der Waals surface area contributed by atoms with E-state index in [1.807, 2.05) is 4.90 Å². The van der Waals surface area contributed by atoms with Gasteiger partial charge in [0.1, 0.15) is 11.6 Å². The standard InChI is InChI=1S/C23H25F2N5O3/c24-16-6-14(7-17(25)19(16)15-2-3-18(31)27-20(15)32)30-10-13(11-30)26-22-29-28-21(33-22)12-8-23(9-12)4-1-5-23/h6-7,12-13,15H,1-5,8-11H2,(H,26,29)(H,27,31,32). The average molecular weight is 457 g/mol. The molecule has 1 atom stereocenters. The number of aromatic nitrogens is 2. The lowest BCUT2D eigenvalue weighted by Gasteiger charge is -2.53. The van der Waals surface area contributed by atoms with Crippen LogP contribution in [0.1, 0.15) is 68.2 Å². The van der Waals surface area contributed by atoms with Gasteiger partial charge in [0, 0.05) is 36.7 Å². The highest BCUT2D eigenvalue weighted by Crippen LogP contribution is 2.61. The molecule has 6 rings (SSSR count). The van der Waals surface area contributed by atoms with E-state index in [4.69, 9.17) is 4.42 Å².